The van der Waals surface area contributed by atoms with E-state index in [0.29, 0.717) is 28.5 Å². The van der Waals surface area contributed by atoms with E-state index in [0.717, 1.165) is 30.6 Å². The molecule has 0 fully saturated rings. The molecule has 2 N–H and O–H groups in total. The van der Waals surface area contributed by atoms with Crippen molar-refractivity contribution >= 4 is 23.2 Å². The molecule has 3 rings (SSSR count). The molecule has 2 amide bonds. The maximum atomic E-state index is 12.9. The minimum Gasteiger partial charge on any atom is -0.493 e. The lowest BCUT2D eigenvalue weighted by Gasteiger charge is -2.32. The molecule has 0 radical (unpaired) electrons. The maximum absolute atomic E-state index is 12.9. The Balaban J connectivity index is 1.79. The number of fused-ring (bicyclic) bond motifs is 1. The van der Waals surface area contributed by atoms with Crippen LogP contribution in [0.2, 0.25) is 0 Å². The fourth-order valence-corrected chi connectivity index (χ4v) is 3.94. The third kappa shape index (κ3) is 5.07. The number of rotatable bonds is 8. The molecule has 8 nitrogen and oxygen atoms in total. The van der Waals surface area contributed by atoms with Crippen LogP contribution in [0.3, 0.4) is 0 Å². The number of methoxy groups -OCH3 is 3. The molecule has 0 saturated heterocycles. The van der Waals surface area contributed by atoms with Crippen molar-refractivity contribution < 1.29 is 23.8 Å². The molecule has 172 valence electrons. The minimum absolute atomic E-state index is 0.0577. The molecule has 1 aliphatic heterocycles. The standard InChI is InChI=1S/C24H31N3O5/c1-15(2)25-24(29)18-8-6-10-19-17(18)9-7-11-27(19)14-22(28)26-16-12-20(30-3)23(32-5)21(13-16)31-4/h6,8,10,12-13,15H,7,9,11,14H2,1-5H3,(H,25,29)(H,26,28). The molecule has 0 atom stereocenters. The lowest BCUT2D eigenvalue weighted by molar-refractivity contribution is -0.115. The summed E-state index contributed by atoms with van der Waals surface area (Å²) in [5.74, 6) is 1.13. The van der Waals surface area contributed by atoms with Gasteiger partial charge in [0.2, 0.25) is 11.7 Å². The van der Waals surface area contributed by atoms with E-state index in [1.165, 1.54) is 21.3 Å². The molecule has 1 heterocycles. The van der Waals surface area contributed by atoms with Crippen molar-refractivity contribution in [2.24, 2.45) is 0 Å². The summed E-state index contributed by atoms with van der Waals surface area (Å²) in [6, 6.07) is 9.12. The Morgan fingerprint density at radius 3 is 2.34 bits per heavy atom. The predicted octanol–water partition coefficient (Wildman–Crippen LogP) is 3.24. The Bertz CT molecular complexity index is 965. The molecule has 8 heteroatoms. The maximum Gasteiger partial charge on any atom is 0.251 e. The van der Waals surface area contributed by atoms with Crippen LogP contribution in [0.5, 0.6) is 17.2 Å². The fourth-order valence-electron chi connectivity index (χ4n) is 3.94. The zero-order valence-electron chi connectivity index (χ0n) is 19.3. The third-order valence-electron chi connectivity index (χ3n) is 5.29. The summed E-state index contributed by atoms with van der Waals surface area (Å²) in [5.41, 5.74) is 3.13. The highest BCUT2D eigenvalue weighted by molar-refractivity contribution is 5.98. The highest BCUT2D eigenvalue weighted by Gasteiger charge is 2.24. The average molecular weight is 442 g/mol. The Labute approximate surface area is 188 Å². The topological polar surface area (TPSA) is 89.1 Å². The van der Waals surface area contributed by atoms with Crippen molar-refractivity contribution in [1.82, 2.24) is 5.32 Å². The third-order valence-corrected chi connectivity index (χ3v) is 5.29. The second kappa shape index (κ2) is 10.3. The molecule has 0 bridgehead atoms. The molecule has 1 aliphatic rings. The van der Waals surface area contributed by atoms with E-state index in [2.05, 4.69) is 10.6 Å². The van der Waals surface area contributed by atoms with Crippen LogP contribution in [0.4, 0.5) is 11.4 Å². The average Bonchev–Trinajstić information content (AvgIpc) is 2.77. The van der Waals surface area contributed by atoms with E-state index in [-0.39, 0.29) is 24.4 Å². The van der Waals surface area contributed by atoms with Gasteiger partial charge in [-0.1, -0.05) is 6.07 Å². The molecule has 0 unspecified atom stereocenters. The van der Waals surface area contributed by atoms with Gasteiger partial charge in [0.05, 0.1) is 27.9 Å². The van der Waals surface area contributed by atoms with Crippen molar-refractivity contribution in [2.75, 3.05) is 44.6 Å². The Kier molecular flexibility index (Phi) is 7.45. The monoisotopic (exact) mass is 441 g/mol. The summed E-state index contributed by atoms with van der Waals surface area (Å²) in [6.07, 6.45) is 1.68. The van der Waals surface area contributed by atoms with E-state index in [1.807, 2.05) is 36.9 Å². The van der Waals surface area contributed by atoms with Gasteiger partial charge in [0, 0.05) is 41.7 Å². The first-order chi connectivity index (χ1) is 15.4. The van der Waals surface area contributed by atoms with Crippen LogP contribution in [-0.2, 0) is 11.2 Å². The number of benzene rings is 2. The number of carbonyl (C=O) groups excluding carboxylic acids is 2. The number of nitrogens with one attached hydrogen (secondary N) is 2. The van der Waals surface area contributed by atoms with Crippen LogP contribution in [0.15, 0.2) is 30.3 Å². The van der Waals surface area contributed by atoms with Gasteiger partial charge in [0.25, 0.3) is 5.91 Å². The summed E-state index contributed by atoms with van der Waals surface area (Å²) in [6.45, 7) is 4.78. The molecule has 32 heavy (non-hydrogen) atoms. The van der Waals surface area contributed by atoms with Gasteiger partial charge in [-0.15, -0.1) is 0 Å². The van der Waals surface area contributed by atoms with E-state index >= 15 is 0 Å². The fraction of sp³-hybridized carbons (Fsp3) is 0.417. The summed E-state index contributed by atoms with van der Waals surface area (Å²) in [7, 11) is 4.59. The quantitative estimate of drug-likeness (QED) is 0.654. The van der Waals surface area contributed by atoms with Crippen LogP contribution >= 0.6 is 0 Å². The molecule has 0 aromatic heterocycles. The van der Waals surface area contributed by atoms with E-state index < -0.39 is 0 Å². The normalized spacial score (nSPS) is 12.8. The van der Waals surface area contributed by atoms with Gasteiger partial charge in [-0.2, -0.15) is 0 Å². The summed E-state index contributed by atoms with van der Waals surface area (Å²) < 4.78 is 16.0. The van der Waals surface area contributed by atoms with Crippen LogP contribution in [0, 0.1) is 0 Å². The number of carbonyl (C=O) groups is 2. The molecule has 0 spiro atoms. The van der Waals surface area contributed by atoms with Gasteiger partial charge >= 0.3 is 0 Å². The zero-order valence-corrected chi connectivity index (χ0v) is 19.3. The zero-order chi connectivity index (χ0) is 23.3. The molecule has 0 aliphatic carbocycles. The molecule has 2 aromatic carbocycles. The van der Waals surface area contributed by atoms with Crippen molar-refractivity contribution in [1.29, 1.82) is 0 Å². The van der Waals surface area contributed by atoms with Gasteiger partial charge in [0.1, 0.15) is 0 Å². The van der Waals surface area contributed by atoms with Crippen molar-refractivity contribution in [3.63, 3.8) is 0 Å². The van der Waals surface area contributed by atoms with Crippen LogP contribution in [0.1, 0.15) is 36.2 Å². The highest BCUT2D eigenvalue weighted by atomic mass is 16.5. The number of amides is 2. The summed E-state index contributed by atoms with van der Waals surface area (Å²) in [4.78, 5) is 27.5. The van der Waals surface area contributed by atoms with E-state index in [1.54, 1.807) is 12.1 Å². The van der Waals surface area contributed by atoms with E-state index in [4.69, 9.17) is 14.2 Å². The van der Waals surface area contributed by atoms with Gasteiger partial charge in [0.15, 0.2) is 11.5 Å². The number of hydrogen-bond acceptors (Lipinski definition) is 6. The number of anilines is 2. The lowest BCUT2D eigenvalue weighted by Crippen LogP contribution is -2.38. The Hall–Kier alpha value is -3.42. The smallest absolute Gasteiger partial charge is 0.251 e. The van der Waals surface area contributed by atoms with Crippen LogP contribution in [0.25, 0.3) is 0 Å². The van der Waals surface area contributed by atoms with Crippen molar-refractivity contribution in [3.8, 4) is 17.2 Å². The SMILES string of the molecule is COc1cc(NC(=O)CN2CCCc3c(C(=O)NC(C)C)cccc32)cc(OC)c1OC. The Morgan fingerprint density at radius 1 is 1.06 bits per heavy atom. The predicted molar refractivity (Wildman–Crippen MR) is 124 cm³/mol. The van der Waals surface area contributed by atoms with Gasteiger partial charge < -0.3 is 29.7 Å². The summed E-state index contributed by atoms with van der Waals surface area (Å²) in [5, 5.41) is 5.87. The number of hydrogen-bond donors (Lipinski definition) is 2. The van der Waals surface area contributed by atoms with Gasteiger partial charge in [-0.05, 0) is 44.4 Å². The second-order valence-electron chi connectivity index (χ2n) is 7.92. The first-order valence-corrected chi connectivity index (χ1v) is 10.7. The first-order valence-electron chi connectivity index (χ1n) is 10.7. The van der Waals surface area contributed by atoms with Gasteiger partial charge in [-0.25, -0.2) is 0 Å². The lowest BCUT2D eigenvalue weighted by atomic mass is 9.95. The first kappa shape index (κ1) is 23.2. The number of ether oxygens (including phenoxy) is 3. The van der Waals surface area contributed by atoms with Gasteiger partial charge in [-0.3, -0.25) is 9.59 Å². The minimum atomic E-state index is -0.177. The number of nitrogens with zero attached hydrogens (tertiary/aromatic N) is 1. The summed E-state index contributed by atoms with van der Waals surface area (Å²) >= 11 is 0. The van der Waals surface area contributed by atoms with Crippen LogP contribution in [-0.4, -0.2) is 52.3 Å². The molecule has 0 saturated carbocycles. The van der Waals surface area contributed by atoms with Crippen LogP contribution < -0.4 is 29.7 Å². The van der Waals surface area contributed by atoms with Crippen molar-refractivity contribution in [2.45, 2.75) is 32.7 Å². The largest absolute Gasteiger partial charge is 0.493 e. The Morgan fingerprint density at radius 2 is 1.75 bits per heavy atom. The van der Waals surface area contributed by atoms with E-state index in [9.17, 15) is 9.59 Å². The molecule has 2 aromatic rings. The molecular formula is C24H31N3O5. The highest BCUT2D eigenvalue weighted by Crippen LogP contribution is 2.40. The van der Waals surface area contributed by atoms with Crippen molar-refractivity contribution in [3.05, 3.63) is 41.5 Å². The second-order valence-corrected chi connectivity index (χ2v) is 7.92. The molecular weight excluding hydrogens is 410 g/mol.